The minimum atomic E-state index is -0.521. The van der Waals surface area contributed by atoms with Gasteiger partial charge in [0.15, 0.2) is 0 Å². The quantitative estimate of drug-likeness (QED) is 0.585. The van der Waals surface area contributed by atoms with Gasteiger partial charge in [-0.15, -0.1) is 0 Å². The Labute approximate surface area is 101 Å². The second-order valence-corrected chi connectivity index (χ2v) is 4.27. The van der Waals surface area contributed by atoms with Crippen molar-refractivity contribution >= 4 is 5.69 Å². The fourth-order valence-corrected chi connectivity index (χ4v) is 2.06. The molecule has 0 amide bonds. The van der Waals surface area contributed by atoms with Gasteiger partial charge in [-0.05, 0) is 6.07 Å². The number of hydrogen-bond donors (Lipinski definition) is 4. The van der Waals surface area contributed by atoms with Gasteiger partial charge in [0.2, 0.25) is 0 Å². The molecular formula is C12H19N3O2. The van der Waals surface area contributed by atoms with Gasteiger partial charge in [-0.3, -0.25) is 0 Å². The molecule has 5 N–H and O–H groups in total. The monoisotopic (exact) mass is 237 g/mol. The zero-order valence-electron chi connectivity index (χ0n) is 9.76. The lowest BCUT2D eigenvalue weighted by Gasteiger charge is -2.29. The maximum Gasteiger partial charge on any atom is 0.122 e. The van der Waals surface area contributed by atoms with Crippen molar-refractivity contribution in [1.29, 1.82) is 0 Å². The van der Waals surface area contributed by atoms with E-state index in [9.17, 15) is 5.11 Å². The number of hydrogen-bond acceptors (Lipinski definition) is 5. The van der Waals surface area contributed by atoms with Crippen LogP contribution in [0, 0.1) is 0 Å². The highest BCUT2D eigenvalue weighted by Crippen LogP contribution is 2.28. The first-order valence-corrected chi connectivity index (χ1v) is 5.87. The van der Waals surface area contributed by atoms with Crippen molar-refractivity contribution < 1.29 is 10.2 Å². The number of phenols is 1. The van der Waals surface area contributed by atoms with Crippen LogP contribution in [0.1, 0.15) is 11.6 Å². The van der Waals surface area contributed by atoms with E-state index in [2.05, 4.69) is 10.2 Å². The van der Waals surface area contributed by atoms with Gasteiger partial charge < -0.3 is 26.2 Å². The summed E-state index contributed by atoms with van der Waals surface area (Å²) in [5, 5.41) is 22.1. The molecule has 94 valence electrons. The third-order valence-electron chi connectivity index (χ3n) is 3.09. The standard InChI is InChI=1S/C12H19N3O2/c13-11(8-16)10-2-1-9(7-12(10)17)15-5-3-14-4-6-15/h1-2,7,11,14,16-17H,3-6,8,13H2/t11-/m1/s1. The van der Waals surface area contributed by atoms with E-state index in [0.717, 1.165) is 31.9 Å². The summed E-state index contributed by atoms with van der Waals surface area (Å²) in [5.74, 6) is 0.155. The van der Waals surface area contributed by atoms with Crippen molar-refractivity contribution in [1.82, 2.24) is 5.32 Å². The van der Waals surface area contributed by atoms with Crippen LogP contribution in [0.2, 0.25) is 0 Å². The van der Waals surface area contributed by atoms with Crippen LogP contribution < -0.4 is 16.0 Å². The Morgan fingerprint density at radius 2 is 2.06 bits per heavy atom. The van der Waals surface area contributed by atoms with Gasteiger partial charge >= 0.3 is 0 Å². The molecule has 0 spiro atoms. The SMILES string of the molecule is N[C@H](CO)c1ccc(N2CCNCC2)cc1O. The van der Waals surface area contributed by atoms with Crippen LogP contribution in [0.25, 0.3) is 0 Å². The molecule has 1 fully saturated rings. The molecule has 5 heteroatoms. The molecule has 1 heterocycles. The summed E-state index contributed by atoms with van der Waals surface area (Å²) in [5.41, 5.74) is 7.28. The molecule has 1 aliphatic rings. The zero-order chi connectivity index (χ0) is 12.3. The highest BCUT2D eigenvalue weighted by Gasteiger charge is 2.14. The summed E-state index contributed by atoms with van der Waals surface area (Å²) in [6.07, 6.45) is 0. The first-order chi connectivity index (χ1) is 8.22. The van der Waals surface area contributed by atoms with Crippen LogP contribution in [0.15, 0.2) is 18.2 Å². The molecule has 1 saturated heterocycles. The van der Waals surface area contributed by atoms with Crippen LogP contribution in [0.3, 0.4) is 0 Å². The van der Waals surface area contributed by atoms with Crippen molar-refractivity contribution in [2.75, 3.05) is 37.7 Å². The van der Waals surface area contributed by atoms with Crippen LogP contribution in [-0.2, 0) is 0 Å². The molecule has 0 aliphatic carbocycles. The number of aliphatic hydroxyl groups excluding tert-OH is 1. The van der Waals surface area contributed by atoms with Crippen LogP contribution in [0.5, 0.6) is 5.75 Å². The molecule has 0 unspecified atom stereocenters. The molecule has 5 nitrogen and oxygen atoms in total. The van der Waals surface area contributed by atoms with Gasteiger partial charge in [-0.2, -0.15) is 0 Å². The van der Waals surface area contributed by atoms with E-state index >= 15 is 0 Å². The minimum Gasteiger partial charge on any atom is -0.508 e. The summed E-state index contributed by atoms with van der Waals surface area (Å²) in [7, 11) is 0. The summed E-state index contributed by atoms with van der Waals surface area (Å²) >= 11 is 0. The van der Waals surface area contributed by atoms with E-state index in [4.69, 9.17) is 10.8 Å². The summed E-state index contributed by atoms with van der Waals surface area (Å²) < 4.78 is 0. The van der Waals surface area contributed by atoms with Crippen molar-refractivity contribution in [3.63, 3.8) is 0 Å². The molecule has 2 rings (SSSR count). The lowest BCUT2D eigenvalue weighted by Crippen LogP contribution is -2.43. The third kappa shape index (κ3) is 2.69. The first-order valence-electron chi connectivity index (χ1n) is 5.87. The second kappa shape index (κ2) is 5.35. The number of nitrogens with two attached hydrogens (primary N) is 1. The summed E-state index contributed by atoms with van der Waals surface area (Å²) in [6.45, 7) is 3.62. The van der Waals surface area contributed by atoms with Crippen molar-refractivity contribution in [2.24, 2.45) is 5.73 Å². The van der Waals surface area contributed by atoms with Gasteiger partial charge in [-0.25, -0.2) is 0 Å². The Hall–Kier alpha value is -1.30. The topological polar surface area (TPSA) is 81.8 Å². The second-order valence-electron chi connectivity index (χ2n) is 4.27. The highest BCUT2D eigenvalue weighted by atomic mass is 16.3. The number of nitrogens with one attached hydrogen (secondary N) is 1. The van der Waals surface area contributed by atoms with E-state index < -0.39 is 6.04 Å². The lowest BCUT2D eigenvalue weighted by atomic mass is 10.1. The van der Waals surface area contributed by atoms with Crippen molar-refractivity contribution in [3.05, 3.63) is 23.8 Å². The lowest BCUT2D eigenvalue weighted by molar-refractivity contribution is 0.265. The predicted molar refractivity (Wildman–Crippen MR) is 67.2 cm³/mol. The van der Waals surface area contributed by atoms with Crippen LogP contribution in [0.4, 0.5) is 5.69 Å². The van der Waals surface area contributed by atoms with Gasteiger partial charge in [-0.1, -0.05) is 6.07 Å². The molecule has 1 aliphatic heterocycles. The number of aliphatic hydroxyl groups is 1. The van der Waals surface area contributed by atoms with Crippen molar-refractivity contribution in [3.8, 4) is 5.75 Å². The van der Waals surface area contributed by atoms with E-state index in [1.807, 2.05) is 6.07 Å². The Bertz CT molecular complexity index is 378. The normalized spacial score (nSPS) is 18.1. The first kappa shape index (κ1) is 12.2. The van der Waals surface area contributed by atoms with Gasteiger partial charge in [0.05, 0.1) is 12.6 Å². The smallest absolute Gasteiger partial charge is 0.122 e. The predicted octanol–water partition coefficient (Wildman–Crippen LogP) is -0.206. The Balaban J connectivity index is 2.17. The fraction of sp³-hybridized carbons (Fsp3) is 0.500. The maximum absolute atomic E-state index is 9.89. The molecular weight excluding hydrogens is 218 g/mol. The minimum absolute atomic E-state index is 0.155. The largest absolute Gasteiger partial charge is 0.508 e. The molecule has 1 aromatic carbocycles. The molecule has 1 aromatic rings. The molecule has 0 radical (unpaired) electrons. The summed E-state index contributed by atoms with van der Waals surface area (Å²) in [4.78, 5) is 2.21. The molecule has 0 aromatic heterocycles. The number of anilines is 1. The average Bonchev–Trinajstić information content (AvgIpc) is 2.39. The number of benzene rings is 1. The zero-order valence-corrected chi connectivity index (χ0v) is 9.76. The fourth-order valence-electron chi connectivity index (χ4n) is 2.06. The number of aromatic hydroxyl groups is 1. The Kier molecular flexibility index (Phi) is 3.83. The maximum atomic E-state index is 9.89. The highest BCUT2D eigenvalue weighted by molar-refractivity contribution is 5.54. The number of phenolic OH excluding ortho intramolecular Hbond substituents is 1. The van der Waals surface area contributed by atoms with E-state index in [1.54, 1.807) is 12.1 Å². The number of nitrogens with zero attached hydrogens (tertiary/aromatic N) is 1. The Morgan fingerprint density at radius 3 is 2.65 bits per heavy atom. The van der Waals surface area contributed by atoms with E-state index in [0.29, 0.717) is 5.56 Å². The third-order valence-corrected chi connectivity index (χ3v) is 3.09. The van der Waals surface area contributed by atoms with Crippen LogP contribution >= 0.6 is 0 Å². The summed E-state index contributed by atoms with van der Waals surface area (Å²) in [6, 6.07) is 4.92. The van der Waals surface area contributed by atoms with E-state index in [-0.39, 0.29) is 12.4 Å². The van der Waals surface area contributed by atoms with Gasteiger partial charge in [0.1, 0.15) is 5.75 Å². The number of rotatable bonds is 3. The van der Waals surface area contributed by atoms with Crippen LogP contribution in [-0.4, -0.2) is 43.0 Å². The molecule has 0 saturated carbocycles. The van der Waals surface area contributed by atoms with E-state index in [1.165, 1.54) is 0 Å². The van der Waals surface area contributed by atoms with Gasteiger partial charge in [0.25, 0.3) is 0 Å². The molecule has 0 bridgehead atoms. The average molecular weight is 237 g/mol. The van der Waals surface area contributed by atoms with Gasteiger partial charge in [0, 0.05) is 43.5 Å². The Morgan fingerprint density at radius 1 is 1.35 bits per heavy atom. The number of piperazine rings is 1. The molecule has 17 heavy (non-hydrogen) atoms. The molecule has 1 atom stereocenters. The van der Waals surface area contributed by atoms with Crippen molar-refractivity contribution in [2.45, 2.75) is 6.04 Å².